The van der Waals surface area contributed by atoms with Crippen LogP contribution in [-0.4, -0.2) is 9.97 Å². The molecule has 0 aliphatic heterocycles. The minimum absolute atomic E-state index is 0.0358. The molecule has 0 saturated carbocycles. The van der Waals surface area contributed by atoms with E-state index in [1.165, 1.54) is 0 Å². The molecule has 0 aliphatic carbocycles. The van der Waals surface area contributed by atoms with Gasteiger partial charge in [-0.25, -0.2) is 4.98 Å². The summed E-state index contributed by atoms with van der Waals surface area (Å²) in [6.45, 7) is 1.93. The summed E-state index contributed by atoms with van der Waals surface area (Å²) in [6.07, 6.45) is -4.62. The number of nitrogens with one attached hydrogen (secondary N) is 1. The Morgan fingerprint density at radius 3 is 2.70 bits per heavy atom. The van der Waals surface area contributed by atoms with Crippen LogP contribution in [0.25, 0.3) is 0 Å². The predicted octanol–water partition coefficient (Wildman–Crippen LogP) is 3.39. The Morgan fingerprint density at radius 1 is 1.30 bits per heavy atom. The zero-order valence-electron chi connectivity index (χ0n) is 10.5. The van der Waals surface area contributed by atoms with Gasteiger partial charge in [0.15, 0.2) is 10.9 Å². The number of halogens is 3. The van der Waals surface area contributed by atoms with Crippen LogP contribution in [-0.2, 0) is 11.9 Å². The molecule has 0 unspecified atom stereocenters. The predicted molar refractivity (Wildman–Crippen MR) is 70.6 cm³/mol. The summed E-state index contributed by atoms with van der Waals surface area (Å²) in [5.74, 6) is 0.436. The molecule has 20 heavy (non-hydrogen) atoms. The fourth-order valence-corrected chi connectivity index (χ4v) is 2.42. The molecule has 0 radical (unpaired) electrons. The number of nitrogens with zero attached hydrogens (tertiary/aromatic N) is 1. The lowest BCUT2D eigenvalue weighted by atomic mass is 10.2. The maximum Gasteiger partial charge on any atom is 0.433 e. The molecule has 0 saturated heterocycles. The van der Waals surface area contributed by atoms with E-state index < -0.39 is 17.4 Å². The van der Waals surface area contributed by atoms with E-state index in [1.807, 2.05) is 31.2 Å². The molecule has 3 nitrogen and oxygen atoms in total. The van der Waals surface area contributed by atoms with E-state index >= 15 is 0 Å². The number of benzene rings is 1. The minimum atomic E-state index is -4.62. The SMILES string of the molecule is Cc1cccc(CSc2nc(C(F)(F)F)cc(=O)[nH]2)c1. The standard InChI is InChI=1S/C13H11F3N2OS/c1-8-3-2-4-9(5-8)7-20-12-17-10(13(14,15)16)6-11(19)18-12/h2-6H,7H2,1H3,(H,17,18,19). The summed E-state index contributed by atoms with van der Waals surface area (Å²) in [5.41, 5.74) is 0.0377. The summed E-state index contributed by atoms with van der Waals surface area (Å²) in [6, 6.07) is 8.05. The molecule has 0 spiro atoms. The Morgan fingerprint density at radius 2 is 2.05 bits per heavy atom. The smallest absolute Gasteiger partial charge is 0.301 e. The van der Waals surface area contributed by atoms with Crippen molar-refractivity contribution in [1.29, 1.82) is 0 Å². The average molecular weight is 300 g/mol. The summed E-state index contributed by atoms with van der Waals surface area (Å²) in [5, 5.41) is -0.0358. The van der Waals surface area contributed by atoms with Crippen LogP contribution in [0.2, 0.25) is 0 Å². The van der Waals surface area contributed by atoms with Gasteiger partial charge in [-0.1, -0.05) is 41.6 Å². The van der Waals surface area contributed by atoms with Crippen LogP contribution in [0, 0.1) is 6.92 Å². The first-order valence-corrected chi connectivity index (χ1v) is 6.70. The van der Waals surface area contributed by atoms with E-state index in [4.69, 9.17) is 0 Å². The van der Waals surface area contributed by atoms with Crippen molar-refractivity contribution in [3.63, 3.8) is 0 Å². The monoisotopic (exact) mass is 300 g/mol. The maximum atomic E-state index is 12.5. The molecule has 2 rings (SSSR count). The third kappa shape index (κ3) is 3.86. The molecule has 0 amide bonds. The molecule has 1 aromatic carbocycles. The third-order valence-corrected chi connectivity index (χ3v) is 3.41. The third-order valence-electron chi connectivity index (χ3n) is 2.47. The normalized spacial score (nSPS) is 11.6. The molecule has 1 heterocycles. The van der Waals surface area contributed by atoms with E-state index in [-0.39, 0.29) is 5.16 Å². The largest absolute Gasteiger partial charge is 0.433 e. The van der Waals surface area contributed by atoms with Crippen molar-refractivity contribution >= 4 is 11.8 Å². The zero-order valence-corrected chi connectivity index (χ0v) is 11.3. The van der Waals surface area contributed by atoms with Crippen molar-refractivity contribution in [3.05, 3.63) is 57.5 Å². The van der Waals surface area contributed by atoms with Crippen LogP contribution in [0.3, 0.4) is 0 Å². The topological polar surface area (TPSA) is 45.8 Å². The summed E-state index contributed by atoms with van der Waals surface area (Å²) < 4.78 is 37.6. The van der Waals surface area contributed by atoms with Crippen LogP contribution in [0.5, 0.6) is 0 Å². The van der Waals surface area contributed by atoms with Crippen molar-refractivity contribution in [2.45, 2.75) is 24.0 Å². The van der Waals surface area contributed by atoms with E-state index in [1.54, 1.807) is 0 Å². The van der Waals surface area contributed by atoms with Gasteiger partial charge >= 0.3 is 6.18 Å². The van der Waals surface area contributed by atoms with Crippen molar-refractivity contribution in [2.24, 2.45) is 0 Å². The van der Waals surface area contributed by atoms with E-state index in [9.17, 15) is 18.0 Å². The quantitative estimate of drug-likeness (QED) is 0.698. The molecule has 7 heteroatoms. The Hall–Kier alpha value is -1.76. The highest BCUT2D eigenvalue weighted by Crippen LogP contribution is 2.28. The zero-order chi connectivity index (χ0) is 14.8. The first kappa shape index (κ1) is 14.6. The fraction of sp³-hybridized carbons (Fsp3) is 0.231. The Kier molecular flexibility index (Phi) is 4.17. The van der Waals surface area contributed by atoms with Crippen LogP contribution in [0.4, 0.5) is 13.2 Å². The van der Waals surface area contributed by atoms with Crippen LogP contribution >= 0.6 is 11.8 Å². The second-order valence-corrected chi connectivity index (χ2v) is 5.18. The number of alkyl halides is 3. The van der Waals surface area contributed by atoms with Gasteiger partial charge in [0, 0.05) is 11.8 Å². The van der Waals surface area contributed by atoms with Gasteiger partial charge in [-0.15, -0.1) is 0 Å². The molecule has 1 N–H and O–H groups in total. The van der Waals surface area contributed by atoms with E-state index in [0.717, 1.165) is 22.9 Å². The molecule has 0 aliphatic rings. The van der Waals surface area contributed by atoms with Crippen molar-refractivity contribution in [1.82, 2.24) is 9.97 Å². The van der Waals surface area contributed by atoms with E-state index in [2.05, 4.69) is 9.97 Å². The molecular formula is C13H11F3N2OS. The van der Waals surface area contributed by atoms with Gasteiger partial charge in [-0.3, -0.25) is 4.79 Å². The first-order chi connectivity index (χ1) is 9.34. The number of thioether (sulfide) groups is 1. The Bertz CT molecular complexity index is 667. The Labute approximate surface area is 117 Å². The van der Waals surface area contributed by atoms with Gasteiger partial charge in [-0.2, -0.15) is 13.2 Å². The van der Waals surface area contributed by atoms with Gasteiger partial charge in [-0.05, 0) is 12.5 Å². The molecule has 0 bridgehead atoms. The molecule has 2 aromatic rings. The maximum absolute atomic E-state index is 12.5. The van der Waals surface area contributed by atoms with Crippen LogP contribution in [0.15, 0.2) is 40.3 Å². The van der Waals surface area contributed by atoms with Crippen molar-refractivity contribution < 1.29 is 13.2 Å². The lowest BCUT2D eigenvalue weighted by Crippen LogP contribution is -2.16. The van der Waals surface area contributed by atoms with Gasteiger partial charge in [0.2, 0.25) is 0 Å². The first-order valence-electron chi connectivity index (χ1n) is 5.71. The number of H-pyrrole nitrogens is 1. The molecule has 1 aromatic heterocycles. The highest BCUT2D eigenvalue weighted by Gasteiger charge is 2.33. The highest BCUT2D eigenvalue weighted by molar-refractivity contribution is 7.98. The van der Waals surface area contributed by atoms with Crippen LogP contribution < -0.4 is 5.56 Å². The van der Waals surface area contributed by atoms with Crippen molar-refractivity contribution in [2.75, 3.05) is 0 Å². The average Bonchev–Trinajstić information content (AvgIpc) is 2.35. The molecular weight excluding hydrogens is 289 g/mol. The number of hydrogen-bond acceptors (Lipinski definition) is 3. The van der Waals surface area contributed by atoms with Gasteiger partial charge < -0.3 is 4.98 Å². The summed E-state index contributed by atoms with van der Waals surface area (Å²) in [7, 11) is 0. The second-order valence-electron chi connectivity index (χ2n) is 4.21. The number of aryl methyl sites for hydroxylation is 1. The van der Waals surface area contributed by atoms with Crippen molar-refractivity contribution in [3.8, 4) is 0 Å². The van der Waals surface area contributed by atoms with Gasteiger partial charge in [0.25, 0.3) is 5.56 Å². The number of aromatic nitrogens is 2. The lowest BCUT2D eigenvalue weighted by Gasteiger charge is -2.07. The van der Waals surface area contributed by atoms with Gasteiger partial charge in [0.1, 0.15) is 0 Å². The summed E-state index contributed by atoms with van der Waals surface area (Å²) in [4.78, 5) is 16.9. The number of rotatable bonds is 3. The van der Waals surface area contributed by atoms with Crippen LogP contribution in [0.1, 0.15) is 16.8 Å². The fourth-order valence-electron chi connectivity index (χ4n) is 1.60. The molecule has 0 atom stereocenters. The second kappa shape index (κ2) is 5.70. The Balaban J connectivity index is 2.18. The number of hydrogen-bond donors (Lipinski definition) is 1. The molecule has 106 valence electrons. The molecule has 0 fully saturated rings. The summed E-state index contributed by atoms with van der Waals surface area (Å²) >= 11 is 1.06. The minimum Gasteiger partial charge on any atom is -0.301 e. The van der Waals surface area contributed by atoms with Gasteiger partial charge in [0.05, 0.1) is 0 Å². The highest BCUT2D eigenvalue weighted by atomic mass is 32.2. The lowest BCUT2D eigenvalue weighted by molar-refractivity contribution is -0.141. The number of aromatic amines is 1. The van der Waals surface area contributed by atoms with E-state index in [0.29, 0.717) is 11.8 Å².